The number of pyridine rings is 1. The molecule has 1 aromatic rings. The number of hydrogen-bond acceptors (Lipinski definition) is 5. The van der Waals surface area contributed by atoms with Gasteiger partial charge in [0.25, 0.3) is 0 Å². The van der Waals surface area contributed by atoms with E-state index in [9.17, 15) is 4.79 Å². The third-order valence-electron chi connectivity index (χ3n) is 3.55. The molecule has 104 valence electrons. The molecule has 1 aliphatic heterocycles. The molecule has 1 N–H and O–H groups in total. The second-order valence-corrected chi connectivity index (χ2v) is 4.86. The van der Waals surface area contributed by atoms with Gasteiger partial charge in [0, 0.05) is 25.9 Å². The fourth-order valence-corrected chi connectivity index (χ4v) is 2.53. The van der Waals surface area contributed by atoms with E-state index in [0.717, 1.165) is 38.2 Å². The monoisotopic (exact) mass is 264 g/mol. The minimum Gasteiger partial charge on any atom is -0.465 e. The lowest BCUT2D eigenvalue weighted by Gasteiger charge is -2.33. The number of piperidine rings is 1. The summed E-state index contributed by atoms with van der Waals surface area (Å²) in [6.07, 6.45) is 4.70. The normalized spacial score (nSPS) is 19.3. The Kier molecular flexibility index (Phi) is 4.74. The van der Waals surface area contributed by atoms with E-state index in [0.29, 0.717) is 11.5 Å². The second kappa shape index (κ2) is 6.52. The van der Waals surface area contributed by atoms with Crippen LogP contribution in [-0.4, -0.2) is 42.9 Å². The molecule has 0 amide bonds. The molecule has 2 rings (SSSR count). The first-order chi connectivity index (χ1) is 9.24. The van der Waals surface area contributed by atoms with Gasteiger partial charge in [0.15, 0.2) is 0 Å². The van der Waals surface area contributed by atoms with Crippen molar-refractivity contribution in [3.05, 3.63) is 23.9 Å². The van der Waals surface area contributed by atoms with Crippen molar-refractivity contribution in [2.45, 2.75) is 19.3 Å². The van der Waals surface area contributed by atoms with Crippen LogP contribution in [0.1, 0.15) is 29.6 Å². The quantitative estimate of drug-likeness (QED) is 0.834. The molecule has 0 saturated carbocycles. The highest BCUT2D eigenvalue weighted by atomic mass is 16.5. The van der Waals surface area contributed by atoms with Crippen LogP contribution in [0.5, 0.6) is 0 Å². The van der Waals surface area contributed by atoms with Crippen molar-refractivity contribution >= 4 is 11.8 Å². The summed E-state index contributed by atoms with van der Waals surface area (Å²) in [5.74, 6) is 0.973. The van der Waals surface area contributed by atoms with E-state index in [1.165, 1.54) is 7.11 Å². The number of hydrogen-bond donors (Lipinski definition) is 1. The van der Waals surface area contributed by atoms with Gasteiger partial charge in [-0.05, 0) is 37.3 Å². The molecule has 2 heterocycles. The van der Waals surface area contributed by atoms with Crippen LogP contribution in [-0.2, 0) is 4.74 Å². The summed E-state index contributed by atoms with van der Waals surface area (Å²) in [6.45, 7) is 2.06. The van der Waals surface area contributed by atoms with Gasteiger partial charge in [-0.2, -0.15) is 0 Å². The molecule has 1 unspecified atom stereocenters. The number of ether oxygens (including phenoxy) is 1. The maximum atomic E-state index is 11.5. The number of carbonyl (C=O) groups is 1. The van der Waals surface area contributed by atoms with Crippen molar-refractivity contribution in [2.24, 2.45) is 5.92 Å². The van der Waals surface area contributed by atoms with Gasteiger partial charge in [0.2, 0.25) is 0 Å². The Morgan fingerprint density at radius 2 is 2.47 bits per heavy atom. The Hall–Kier alpha value is -1.62. The van der Waals surface area contributed by atoms with Gasteiger partial charge in [-0.15, -0.1) is 0 Å². The van der Waals surface area contributed by atoms with Crippen LogP contribution in [0, 0.1) is 5.92 Å². The average Bonchev–Trinajstić information content (AvgIpc) is 2.47. The van der Waals surface area contributed by atoms with E-state index in [4.69, 9.17) is 9.84 Å². The van der Waals surface area contributed by atoms with Crippen molar-refractivity contribution in [1.29, 1.82) is 0 Å². The molecule has 5 nitrogen and oxygen atoms in total. The van der Waals surface area contributed by atoms with Gasteiger partial charge in [0.05, 0.1) is 12.7 Å². The number of anilines is 1. The highest BCUT2D eigenvalue weighted by Crippen LogP contribution is 2.24. The summed E-state index contributed by atoms with van der Waals surface area (Å²) in [6, 6.07) is 3.43. The number of esters is 1. The highest BCUT2D eigenvalue weighted by Gasteiger charge is 2.21. The maximum absolute atomic E-state index is 11.5. The van der Waals surface area contributed by atoms with Crippen molar-refractivity contribution in [3.8, 4) is 0 Å². The molecular formula is C14H20N2O3. The summed E-state index contributed by atoms with van der Waals surface area (Å²) < 4.78 is 4.72. The third-order valence-corrected chi connectivity index (χ3v) is 3.55. The summed E-state index contributed by atoms with van der Waals surface area (Å²) in [5, 5.41) is 9.03. The molecule has 0 aromatic carbocycles. The SMILES string of the molecule is COC(=O)c1ccnc(N2CCCC(CCO)C2)c1. The Morgan fingerprint density at radius 1 is 1.63 bits per heavy atom. The van der Waals surface area contributed by atoms with Crippen LogP contribution < -0.4 is 4.90 Å². The zero-order chi connectivity index (χ0) is 13.7. The smallest absolute Gasteiger partial charge is 0.338 e. The molecule has 0 aliphatic carbocycles. The van der Waals surface area contributed by atoms with E-state index in [-0.39, 0.29) is 12.6 Å². The van der Waals surface area contributed by atoms with Crippen LogP contribution in [0.25, 0.3) is 0 Å². The maximum Gasteiger partial charge on any atom is 0.338 e. The number of nitrogens with zero attached hydrogens (tertiary/aromatic N) is 2. The summed E-state index contributed by atoms with van der Waals surface area (Å²) in [5.41, 5.74) is 0.525. The zero-order valence-corrected chi connectivity index (χ0v) is 11.2. The van der Waals surface area contributed by atoms with Crippen LogP contribution >= 0.6 is 0 Å². The zero-order valence-electron chi connectivity index (χ0n) is 11.2. The molecule has 1 saturated heterocycles. The minimum absolute atomic E-state index is 0.230. The molecule has 19 heavy (non-hydrogen) atoms. The number of aliphatic hydroxyl groups is 1. The van der Waals surface area contributed by atoms with E-state index in [1.54, 1.807) is 18.3 Å². The Morgan fingerprint density at radius 3 is 3.21 bits per heavy atom. The second-order valence-electron chi connectivity index (χ2n) is 4.86. The molecule has 0 radical (unpaired) electrons. The molecular weight excluding hydrogens is 244 g/mol. The van der Waals surface area contributed by atoms with Gasteiger partial charge in [-0.3, -0.25) is 0 Å². The summed E-state index contributed by atoms with van der Waals surface area (Å²) in [7, 11) is 1.38. The predicted molar refractivity (Wildman–Crippen MR) is 72.2 cm³/mol. The van der Waals surface area contributed by atoms with Crippen molar-refractivity contribution in [3.63, 3.8) is 0 Å². The Bertz CT molecular complexity index is 434. The van der Waals surface area contributed by atoms with E-state index in [2.05, 4.69) is 9.88 Å². The van der Waals surface area contributed by atoms with Crippen molar-refractivity contribution in [1.82, 2.24) is 4.98 Å². The van der Waals surface area contributed by atoms with Gasteiger partial charge < -0.3 is 14.7 Å². The van der Waals surface area contributed by atoms with E-state index in [1.807, 2.05) is 0 Å². The van der Waals surface area contributed by atoms with Crippen molar-refractivity contribution < 1.29 is 14.6 Å². The van der Waals surface area contributed by atoms with Gasteiger partial charge in [-0.25, -0.2) is 9.78 Å². The predicted octanol–water partition coefficient (Wildman–Crippen LogP) is 1.47. The average molecular weight is 264 g/mol. The van der Waals surface area contributed by atoms with E-state index >= 15 is 0 Å². The number of aromatic nitrogens is 1. The molecule has 0 bridgehead atoms. The van der Waals surface area contributed by atoms with Gasteiger partial charge in [-0.1, -0.05) is 0 Å². The largest absolute Gasteiger partial charge is 0.465 e. The lowest BCUT2D eigenvalue weighted by Crippen LogP contribution is -2.36. The van der Waals surface area contributed by atoms with Crippen molar-refractivity contribution in [2.75, 3.05) is 31.7 Å². The lowest BCUT2D eigenvalue weighted by atomic mass is 9.95. The van der Waals surface area contributed by atoms with Gasteiger partial charge >= 0.3 is 5.97 Å². The van der Waals surface area contributed by atoms with Crippen LogP contribution in [0.3, 0.4) is 0 Å². The Labute approximate surface area is 113 Å². The first-order valence-electron chi connectivity index (χ1n) is 6.64. The van der Waals surface area contributed by atoms with Gasteiger partial charge in [0.1, 0.15) is 5.82 Å². The number of aliphatic hydroxyl groups excluding tert-OH is 1. The summed E-state index contributed by atoms with van der Waals surface area (Å²) in [4.78, 5) is 18.0. The Balaban J connectivity index is 2.10. The molecule has 1 aromatic heterocycles. The highest BCUT2D eigenvalue weighted by molar-refractivity contribution is 5.90. The molecule has 1 fully saturated rings. The fourth-order valence-electron chi connectivity index (χ4n) is 2.53. The third kappa shape index (κ3) is 3.44. The molecule has 0 spiro atoms. The standard InChI is InChI=1S/C14H20N2O3/c1-19-14(18)12-4-6-15-13(9-12)16-7-2-3-11(10-16)5-8-17/h4,6,9,11,17H,2-3,5,7-8,10H2,1H3. The van der Waals surface area contributed by atoms with E-state index < -0.39 is 0 Å². The number of rotatable bonds is 4. The summed E-state index contributed by atoms with van der Waals surface area (Å²) >= 11 is 0. The topological polar surface area (TPSA) is 62.7 Å². The first kappa shape index (κ1) is 13.8. The first-order valence-corrected chi connectivity index (χ1v) is 6.64. The molecule has 5 heteroatoms. The van der Waals surface area contributed by atoms with Crippen LogP contribution in [0.4, 0.5) is 5.82 Å². The minimum atomic E-state index is -0.340. The fraction of sp³-hybridized carbons (Fsp3) is 0.571. The lowest BCUT2D eigenvalue weighted by molar-refractivity contribution is 0.0600. The van der Waals surface area contributed by atoms with Crippen LogP contribution in [0.2, 0.25) is 0 Å². The van der Waals surface area contributed by atoms with Crippen LogP contribution in [0.15, 0.2) is 18.3 Å². The molecule has 1 atom stereocenters. The number of methoxy groups -OCH3 is 1. The number of carbonyl (C=O) groups excluding carboxylic acids is 1. The molecule has 1 aliphatic rings.